The molecule has 2 rings (SSSR count). The first-order valence-electron chi connectivity index (χ1n) is 6.05. The lowest BCUT2D eigenvalue weighted by molar-refractivity contribution is 0.241. The maximum atomic E-state index is 5.31. The molecule has 1 saturated heterocycles. The molecular formula is C13H19N3S. The molecule has 0 aliphatic carbocycles. The van der Waals surface area contributed by atoms with Crippen molar-refractivity contribution in [2.45, 2.75) is 18.9 Å². The van der Waals surface area contributed by atoms with E-state index in [0.29, 0.717) is 6.04 Å². The molecule has 0 amide bonds. The highest BCUT2D eigenvalue weighted by atomic mass is 32.1. The predicted molar refractivity (Wildman–Crippen MR) is 76.3 cm³/mol. The Bertz CT molecular complexity index is 366. The number of likely N-dealkylation sites (N-methyl/N-ethyl adjacent to an activating group) is 1. The summed E-state index contributed by atoms with van der Waals surface area (Å²) in [6.07, 6.45) is 2.43. The molecule has 17 heavy (non-hydrogen) atoms. The van der Waals surface area contributed by atoms with Crippen molar-refractivity contribution in [2.75, 3.05) is 25.5 Å². The van der Waals surface area contributed by atoms with Crippen molar-refractivity contribution >= 4 is 23.0 Å². The van der Waals surface area contributed by atoms with E-state index in [1.165, 1.54) is 19.4 Å². The second-order valence-electron chi connectivity index (χ2n) is 4.57. The Labute approximate surface area is 108 Å². The highest BCUT2D eigenvalue weighted by Gasteiger charge is 2.17. The molecule has 0 radical (unpaired) electrons. The second-order valence-corrected chi connectivity index (χ2v) is 4.97. The monoisotopic (exact) mass is 249 g/mol. The first kappa shape index (κ1) is 12.3. The Kier molecular flexibility index (Phi) is 4.34. The van der Waals surface area contributed by atoms with Gasteiger partial charge in [-0.3, -0.25) is 0 Å². The van der Waals surface area contributed by atoms with Crippen molar-refractivity contribution in [2.24, 2.45) is 0 Å². The third kappa shape index (κ3) is 3.98. The second kappa shape index (κ2) is 5.98. The van der Waals surface area contributed by atoms with Gasteiger partial charge in [-0.05, 0) is 50.8 Å². The van der Waals surface area contributed by atoms with Gasteiger partial charge in [0.05, 0.1) is 0 Å². The third-order valence-corrected chi connectivity index (χ3v) is 3.21. The van der Waals surface area contributed by atoms with E-state index in [4.69, 9.17) is 12.2 Å². The number of nitrogens with zero attached hydrogens (tertiary/aromatic N) is 1. The lowest BCUT2D eigenvalue weighted by atomic mass is 10.1. The van der Waals surface area contributed by atoms with Gasteiger partial charge in [-0.15, -0.1) is 0 Å². The van der Waals surface area contributed by atoms with Crippen LogP contribution in [-0.4, -0.2) is 36.2 Å². The summed E-state index contributed by atoms with van der Waals surface area (Å²) in [4.78, 5) is 2.34. The van der Waals surface area contributed by atoms with E-state index < -0.39 is 0 Å². The summed E-state index contributed by atoms with van der Waals surface area (Å²) in [5.41, 5.74) is 1.04. The molecule has 1 aromatic rings. The molecule has 0 aromatic heterocycles. The summed E-state index contributed by atoms with van der Waals surface area (Å²) in [5.74, 6) is 0. The normalized spacial score (nSPS) is 20.9. The minimum atomic E-state index is 0.470. The fourth-order valence-electron chi connectivity index (χ4n) is 2.16. The van der Waals surface area contributed by atoms with Crippen LogP contribution in [0.2, 0.25) is 0 Å². The molecule has 1 heterocycles. The van der Waals surface area contributed by atoms with Crippen molar-refractivity contribution in [3.8, 4) is 0 Å². The zero-order valence-corrected chi connectivity index (χ0v) is 11.0. The van der Waals surface area contributed by atoms with Crippen molar-refractivity contribution in [1.82, 2.24) is 10.2 Å². The molecule has 92 valence electrons. The number of nitrogens with one attached hydrogen (secondary N) is 2. The molecular weight excluding hydrogens is 230 g/mol. The molecule has 1 aromatic carbocycles. The molecule has 4 heteroatoms. The van der Waals surface area contributed by atoms with E-state index >= 15 is 0 Å². The molecule has 1 fully saturated rings. The van der Waals surface area contributed by atoms with Gasteiger partial charge in [-0.25, -0.2) is 0 Å². The molecule has 0 saturated carbocycles. The van der Waals surface area contributed by atoms with E-state index in [0.717, 1.165) is 17.3 Å². The van der Waals surface area contributed by atoms with Gasteiger partial charge in [0, 0.05) is 18.3 Å². The van der Waals surface area contributed by atoms with Crippen molar-refractivity contribution in [3.63, 3.8) is 0 Å². The van der Waals surface area contributed by atoms with Crippen LogP contribution in [0.1, 0.15) is 12.8 Å². The van der Waals surface area contributed by atoms with Crippen LogP contribution in [0.15, 0.2) is 30.3 Å². The quantitative estimate of drug-likeness (QED) is 0.785. The van der Waals surface area contributed by atoms with Crippen LogP contribution >= 0.6 is 12.2 Å². The SMILES string of the molecule is CN1CCC[C@H](NC(=S)Nc2ccccc2)C1. The number of likely N-dealkylation sites (tertiary alicyclic amines) is 1. The minimum Gasteiger partial charge on any atom is -0.358 e. The van der Waals surface area contributed by atoms with Crippen molar-refractivity contribution < 1.29 is 0 Å². The maximum Gasteiger partial charge on any atom is 0.171 e. The molecule has 2 N–H and O–H groups in total. The van der Waals surface area contributed by atoms with Crippen LogP contribution in [0.3, 0.4) is 0 Å². The molecule has 0 bridgehead atoms. The summed E-state index contributed by atoms with van der Waals surface area (Å²) < 4.78 is 0. The standard InChI is InChI=1S/C13H19N3S/c1-16-9-5-8-12(10-16)15-13(17)14-11-6-3-2-4-7-11/h2-4,6-7,12H,5,8-10H2,1H3,(H2,14,15,17)/t12-/m0/s1. The molecule has 1 atom stereocenters. The minimum absolute atomic E-state index is 0.470. The van der Waals surface area contributed by atoms with Crippen LogP contribution in [0, 0.1) is 0 Å². The zero-order valence-electron chi connectivity index (χ0n) is 10.1. The van der Waals surface area contributed by atoms with Crippen LogP contribution in [0.4, 0.5) is 5.69 Å². The van der Waals surface area contributed by atoms with E-state index in [1.807, 2.05) is 30.3 Å². The zero-order chi connectivity index (χ0) is 12.1. The molecule has 0 spiro atoms. The molecule has 1 aliphatic heterocycles. The van der Waals surface area contributed by atoms with E-state index in [9.17, 15) is 0 Å². The predicted octanol–water partition coefficient (Wildman–Crippen LogP) is 2.07. The van der Waals surface area contributed by atoms with Crippen LogP contribution in [0.25, 0.3) is 0 Å². The first-order valence-corrected chi connectivity index (χ1v) is 6.46. The fourth-order valence-corrected chi connectivity index (χ4v) is 2.44. The van der Waals surface area contributed by atoms with Crippen molar-refractivity contribution in [3.05, 3.63) is 30.3 Å². The fraction of sp³-hybridized carbons (Fsp3) is 0.462. The van der Waals surface area contributed by atoms with Gasteiger partial charge in [-0.1, -0.05) is 18.2 Å². The van der Waals surface area contributed by atoms with Gasteiger partial charge < -0.3 is 15.5 Å². The van der Waals surface area contributed by atoms with Gasteiger partial charge in [-0.2, -0.15) is 0 Å². The van der Waals surface area contributed by atoms with Gasteiger partial charge in [0.25, 0.3) is 0 Å². The lowest BCUT2D eigenvalue weighted by Crippen LogP contribution is -2.47. The smallest absolute Gasteiger partial charge is 0.171 e. The summed E-state index contributed by atoms with van der Waals surface area (Å²) in [6.45, 7) is 2.26. The Morgan fingerprint density at radius 1 is 1.35 bits per heavy atom. The number of hydrogen-bond acceptors (Lipinski definition) is 2. The summed E-state index contributed by atoms with van der Waals surface area (Å²) >= 11 is 5.31. The van der Waals surface area contributed by atoms with E-state index in [2.05, 4.69) is 22.6 Å². The number of piperidine rings is 1. The number of rotatable bonds is 2. The first-order chi connectivity index (χ1) is 8.24. The highest BCUT2D eigenvalue weighted by Crippen LogP contribution is 2.09. The Morgan fingerprint density at radius 2 is 2.12 bits per heavy atom. The highest BCUT2D eigenvalue weighted by molar-refractivity contribution is 7.80. The molecule has 3 nitrogen and oxygen atoms in total. The Balaban J connectivity index is 1.81. The van der Waals surface area contributed by atoms with E-state index in [-0.39, 0.29) is 0 Å². The molecule has 1 aliphatic rings. The van der Waals surface area contributed by atoms with Gasteiger partial charge in [0.15, 0.2) is 5.11 Å². The number of benzene rings is 1. The maximum absolute atomic E-state index is 5.31. The van der Waals surface area contributed by atoms with Crippen LogP contribution < -0.4 is 10.6 Å². The van der Waals surface area contributed by atoms with E-state index in [1.54, 1.807) is 0 Å². The summed E-state index contributed by atoms with van der Waals surface area (Å²) in [5, 5.41) is 7.30. The van der Waals surface area contributed by atoms with Crippen LogP contribution in [-0.2, 0) is 0 Å². The van der Waals surface area contributed by atoms with Gasteiger partial charge in [0.2, 0.25) is 0 Å². The molecule has 0 unspecified atom stereocenters. The average molecular weight is 249 g/mol. The largest absolute Gasteiger partial charge is 0.358 e. The average Bonchev–Trinajstić information content (AvgIpc) is 2.30. The third-order valence-electron chi connectivity index (χ3n) is 2.99. The number of hydrogen-bond donors (Lipinski definition) is 2. The summed E-state index contributed by atoms with van der Waals surface area (Å²) in [7, 11) is 2.15. The Morgan fingerprint density at radius 3 is 2.82 bits per heavy atom. The topological polar surface area (TPSA) is 27.3 Å². The van der Waals surface area contributed by atoms with Gasteiger partial charge in [0.1, 0.15) is 0 Å². The number of thiocarbonyl (C=S) groups is 1. The summed E-state index contributed by atoms with van der Waals surface area (Å²) in [6, 6.07) is 10.5. The number of para-hydroxylation sites is 1. The lowest BCUT2D eigenvalue weighted by Gasteiger charge is -2.31. The van der Waals surface area contributed by atoms with Crippen molar-refractivity contribution in [1.29, 1.82) is 0 Å². The number of anilines is 1. The Hall–Kier alpha value is -1.13. The van der Waals surface area contributed by atoms with Gasteiger partial charge >= 0.3 is 0 Å². The van der Waals surface area contributed by atoms with Crippen LogP contribution in [0.5, 0.6) is 0 Å².